The van der Waals surface area contributed by atoms with Crippen molar-refractivity contribution in [2.24, 2.45) is 5.92 Å². The Bertz CT molecular complexity index is 461. The zero-order valence-corrected chi connectivity index (χ0v) is 11.1. The van der Waals surface area contributed by atoms with Crippen LogP contribution in [0.2, 0.25) is 0 Å². The van der Waals surface area contributed by atoms with Crippen molar-refractivity contribution in [2.75, 3.05) is 13.7 Å². The SMILES string of the molecule is COc1ccc(CC2CC(C(F)(F)F)CCN2)cc1F. The second-order valence-electron chi connectivity index (χ2n) is 5.09. The maximum atomic E-state index is 13.5. The lowest BCUT2D eigenvalue weighted by Crippen LogP contribution is -2.43. The van der Waals surface area contributed by atoms with Gasteiger partial charge in [0.15, 0.2) is 11.6 Å². The van der Waals surface area contributed by atoms with E-state index >= 15 is 0 Å². The highest BCUT2D eigenvalue weighted by atomic mass is 19.4. The zero-order valence-electron chi connectivity index (χ0n) is 11.1. The fraction of sp³-hybridized carbons (Fsp3) is 0.571. The number of methoxy groups -OCH3 is 1. The number of hydrogen-bond donors (Lipinski definition) is 1. The van der Waals surface area contributed by atoms with Gasteiger partial charge in [-0.25, -0.2) is 4.39 Å². The Labute approximate surface area is 115 Å². The molecule has 2 unspecified atom stereocenters. The zero-order chi connectivity index (χ0) is 14.8. The van der Waals surface area contributed by atoms with E-state index in [4.69, 9.17) is 4.74 Å². The Morgan fingerprint density at radius 1 is 1.35 bits per heavy atom. The summed E-state index contributed by atoms with van der Waals surface area (Å²) in [5.74, 6) is -1.62. The van der Waals surface area contributed by atoms with Crippen molar-refractivity contribution in [2.45, 2.75) is 31.5 Å². The van der Waals surface area contributed by atoms with E-state index in [1.54, 1.807) is 6.07 Å². The van der Waals surface area contributed by atoms with E-state index in [2.05, 4.69) is 5.32 Å². The minimum absolute atomic E-state index is 0.0388. The molecule has 1 aromatic rings. The van der Waals surface area contributed by atoms with Crippen LogP contribution in [-0.2, 0) is 6.42 Å². The number of benzene rings is 1. The molecule has 1 saturated heterocycles. The van der Waals surface area contributed by atoms with Gasteiger partial charge in [-0.2, -0.15) is 13.2 Å². The quantitative estimate of drug-likeness (QED) is 0.863. The lowest BCUT2D eigenvalue weighted by molar-refractivity contribution is -0.183. The van der Waals surface area contributed by atoms with Crippen molar-refractivity contribution >= 4 is 0 Å². The van der Waals surface area contributed by atoms with Gasteiger partial charge >= 0.3 is 6.18 Å². The molecule has 1 aliphatic rings. The van der Waals surface area contributed by atoms with Crippen LogP contribution >= 0.6 is 0 Å². The van der Waals surface area contributed by atoms with Crippen LogP contribution in [0.1, 0.15) is 18.4 Å². The summed E-state index contributed by atoms with van der Waals surface area (Å²) in [5.41, 5.74) is 0.670. The van der Waals surface area contributed by atoms with Gasteiger partial charge in [-0.3, -0.25) is 0 Å². The molecule has 0 spiro atoms. The molecule has 0 radical (unpaired) electrons. The molecule has 0 bridgehead atoms. The molecule has 1 fully saturated rings. The van der Waals surface area contributed by atoms with Crippen molar-refractivity contribution in [1.82, 2.24) is 5.32 Å². The Kier molecular flexibility index (Phi) is 4.52. The van der Waals surface area contributed by atoms with Crippen LogP contribution in [0, 0.1) is 11.7 Å². The second kappa shape index (κ2) is 5.99. The Morgan fingerprint density at radius 2 is 2.10 bits per heavy atom. The standard InChI is InChI=1S/C14H17F4NO/c1-20-13-3-2-9(7-12(13)15)6-11-8-10(4-5-19-11)14(16,17)18/h2-3,7,10-11,19H,4-6,8H2,1H3. The van der Waals surface area contributed by atoms with Gasteiger partial charge in [-0.1, -0.05) is 6.07 Å². The number of halogens is 4. The molecular formula is C14H17F4NO. The van der Waals surface area contributed by atoms with Crippen LogP contribution in [0.3, 0.4) is 0 Å². The third kappa shape index (κ3) is 3.62. The van der Waals surface area contributed by atoms with E-state index in [0.29, 0.717) is 18.5 Å². The average Bonchev–Trinajstić information content (AvgIpc) is 2.38. The van der Waals surface area contributed by atoms with Crippen LogP contribution in [0.4, 0.5) is 17.6 Å². The van der Waals surface area contributed by atoms with Gasteiger partial charge < -0.3 is 10.1 Å². The monoisotopic (exact) mass is 291 g/mol. The van der Waals surface area contributed by atoms with E-state index in [9.17, 15) is 17.6 Å². The van der Waals surface area contributed by atoms with Crippen molar-refractivity contribution in [3.05, 3.63) is 29.6 Å². The second-order valence-corrected chi connectivity index (χ2v) is 5.09. The van der Waals surface area contributed by atoms with E-state index in [1.165, 1.54) is 19.2 Å². The summed E-state index contributed by atoms with van der Waals surface area (Å²) in [6, 6.07) is 4.22. The van der Waals surface area contributed by atoms with Gasteiger partial charge in [0.2, 0.25) is 0 Å². The molecule has 1 heterocycles. The topological polar surface area (TPSA) is 21.3 Å². The van der Waals surface area contributed by atoms with E-state index in [-0.39, 0.29) is 24.6 Å². The van der Waals surface area contributed by atoms with Gasteiger partial charge in [0.05, 0.1) is 13.0 Å². The van der Waals surface area contributed by atoms with E-state index < -0.39 is 17.9 Å². The summed E-state index contributed by atoms with van der Waals surface area (Å²) in [5, 5.41) is 3.06. The minimum Gasteiger partial charge on any atom is -0.494 e. The maximum Gasteiger partial charge on any atom is 0.391 e. The first kappa shape index (κ1) is 15.1. The lowest BCUT2D eigenvalue weighted by atomic mass is 9.89. The summed E-state index contributed by atoms with van der Waals surface area (Å²) in [6.45, 7) is 0.341. The first-order chi connectivity index (χ1) is 9.40. The maximum absolute atomic E-state index is 13.5. The van der Waals surface area contributed by atoms with Gasteiger partial charge in [-0.15, -0.1) is 0 Å². The molecule has 1 aliphatic heterocycles. The molecule has 2 nitrogen and oxygen atoms in total. The number of rotatable bonds is 3. The normalized spacial score (nSPS) is 23.6. The predicted octanol–water partition coefficient (Wildman–Crippen LogP) is 3.31. The molecule has 2 rings (SSSR count). The predicted molar refractivity (Wildman–Crippen MR) is 67.2 cm³/mol. The van der Waals surface area contributed by atoms with Crippen LogP contribution in [0.15, 0.2) is 18.2 Å². The average molecular weight is 291 g/mol. The van der Waals surface area contributed by atoms with Crippen LogP contribution in [0.5, 0.6) is 5.75 Å². The highest BCUT2D eigenvalue weighted by Gasteiger charge is 2.41. The first-order valence-corrected chi connectivity index (χ1v) is 6.52. The van der Waals surface area contributed by atoms with Gasteiger partial charge in [0.1, 0.15) is 0 Å². The fourth-order valence-corrected chi connectivity index (χ4v) is 2.58. The van der Waals surface area contributed by atoms with E-state index in [1.807, 2.05) is 0 Å². The fourth-order valence-electron chi connectivity index (χ4n) is 2.58. The molecule has 0 amide bonds. The van der Waals surface area contributed by atoms with Crippen LogP contribution in [0.25, 0.3) is 0 Å². The number of nitrogens with one attached hydrogen (secondary N) is 1. The molecule has 1 aromatic carbocycles. The Hall–Kier alpha value is -1.30. The third-order valence-electron chi connectivity index (χ3n) is 3.66. The highest BCUT2D eigenvalue weighted by molar-refractivity contribution is 5.29. The molecule has 0 aliphatic carbocycles. The molecule has 0 aromatic heterocycles. The summed E-state index contributed by atoms with van der Waals surface area (Å²) in [4.78, 5) is 0. The number of alkyl halides is 3. The molecule has 2 atom stereocenters. The molecule has 1 N–H and O–H groups in total. The van der Waals surface area contributed by atoms with E-state index in [0.717, 1.165) is 0 Å². The number of piperidine rings is 1. The summed E-state index contributed by atoms with van der Waals surface area (Å²) in [6.07, 6.45) is -3.62. The smallest absolute Gasteiger partial charge is 0.391 e. The third-order valence-corrected chi connectivity index (χ3v) is 3.66. The molecule has 6 heteroatoms. The molecular weight excluding hydrogens is 274 g/mol. The highest BCUT2D eigenvalue weighted by Crippen LogP contribution is 2.34. The lowest BCUT2D eigenvalue weighted by Gasteiger charge is -2.31. The minimum atomic E-state index is -4.15. The summed E-state index contributed by atoms with van der Waals surface area (Å²) < 4.78 is 56.5. The van der Waals surface area contributed by atoms with Crippen molar-refractivity contribution in [1.29, 1.82) is 0 Å². The largest absolute Gasteiger partial charge is 0.494 e. The first-order valence-electron chi connectivity index (χ1n) is 6.52. The van der Waals surface area contributed by atoms with Gasteiger partial charge in [-0.05, 0) is 43.5 Å². The Morgan fingerprint density at radius 3 is 2.70 bits per heavy atom. The summed E-state index contributed by atoms with van der Waals surface area (Å²) in [7, 11) is 1.37. The van der Waals surface area contributed by atoms with Crippen LogP contribution < -0.4 is 10.1 Å². The Balaban J connectivity index is 2.01. The van der Waals surface area contributed by atoms with Gasteiger partial charge in [0.25, 0.3) is 0 Å². The van der Waals surface area contributed by atoms with Crippen molar-refractivity contribution < 1.29 is 22.3 Å². The molecule has 0 saturated carbocycles. The van der Waals surface area contributed by atoms with Gasteiger partial charge in [0, 0.05) is 6.04 Å². The number of hydrogen-bond acceptors (Lipinski definition) is 2. The number of ether oxygens (including phenoxy) is 1. The van der Waals surface area contributed by atoms with Crippen LogP contribution in [-0.4, -0.2) is 25.9 Å². The van der Waals surface area contributed by atoms with Crippen molar-refractivity contribution in [3.63, 3.8) is 0 Å². The molecule has 112 valence electrons. The molecule has 20 heavy (non-hydrogen) atoms. The van der Waals surface area contributed by atoms with Crippen molar-refractivity contribution in [3.8, 4) is 5.75 Å². The summed E-state index contributed by atoms with van der Waals surface area (Å²) >= 11 is 0.